The van der Waals surface area contributed by atoms with E-state index in [0.29, 0.717) is 11.3 Å². The van der Waals surface area contributed by atoms with Gasteiger partial charge >= 0.3 is 0 Å². The van der Waals surface area contributed by atoms with Crippen LogP contribution in [0, 0.1) is 0 Å². The average Bonchev–Trinajstić information content (AvgIpc) is 2.25. The zero-order valence-corrected chi connectivity index (χ0v) is 12.7. The highest BCUT2D eigenvalue weighted by molar-refractivity contribution is 7.92. The number of carbonyl (C=O) groups excluding carboxylic acids is 1. The lowest BCUT2D eigenvalue weighted by Crippen LogP contribution is -2.39. The third kappa shape index (κ3) is 3.56. The minimum atomic E-state index is -3.48. The number of Topliss-reactive ketones (excluding diaryl/α,β-unsaturated/α-hetero) is 1. The predicted octanol–water partition coefficient (Wildman–Crippen LogP) is 2.48. The highest BCUT2D eigenvalue weighted by Crippen LogP contribution is 2.24. The van der Waals surface area contributed by atoms with E-state index in [-0.39, 0.29) is 6.10 Å². The zero-order valence-electron chi connectivity index (χ0n) is 11.9. The van der Waals surface area contributed by atoms with Gasteiger partial charge in [0.2, 0.25) is 0 Å². The summed E-state index contributed by atoms with van der Waals surface area (Å²) in [6, 6.07) is 6.60. The number of ether oxygens (including phenoxy) is 1. The molecule has 1 aromatic carbocycles. The van der Waals surface area contributed by atoms with Gasteiger partial charge in [0.25, 0.3) is 0 Å². The van der Waals surface area contributed by atoms with Crippen molar-refractivity contribution >= 4 is 15.6 Å². The molecule has 0 spiro atoms. The van der Waals surface area contributed by atoms with Crippen LogP contribution in [0.2, 0.25) is 0 Å². The largest absolute Gasteiger partial charge is 0.491 e. The van der Waals surface area contributed by atoms with Gasteiger partial charge in [0, 0.05) is 11.8 Å². The Morgan fingerprint density at radius 1 is 1.26 bits per heavy atom. The third-order valence-electron chi connectivity index (χ3n) is 2.94. The summed E-state index contributed by atoms with van der Waals surface area (Å²) < 4.78 is 27.4. The van der Waals surface area contributed by atoms with E-state index in [2.05, 4.69) is 0 Å². The molecule has 0 unspecified atom stereocenters. The van der Waals surface area contributed by atoms with Crippen LogP contribution in [0.25, 0.3) is 0 Å². The quantitative estimate of drug-likeness (QED) is 0.779. The van der Waals surface area contributed by atoms with E-state index in [4.69, 9.17) is 4.74 Å². The Hall–Kier alpha value is -1.36. The number of sulfone groups is 1. The summed E-state index contributed by atoms with van der Waals surface area (Å²) in [5.41, 5.74) is 0.341. The second-order valence-electron chi connectivity index (χ2n) is 5.31. The number of rotatable bonds is 5. The van der Waals surface area contributed by atoms with Crippen LogP contribution in [-0.4, -0.2) is 31.3 Å². The summed E-state index contributed by atoms with van der Waals surface area (Å²) in [5, 5.41) is 0. The molecule has 106 valence electrons. The molecule has 0 N–H and O–H groups in total. The molecule has 0 amide bonds. The van der Waals surface area contributed by atoms with Gasteiger partial charge in [-0.25, -0.2) is 8.42 Å². The van der Waals surface area contributed by atoms with Crippen molar-refractivity contribution in [1.82, 2.24) is 0 Å². The SMILES string of the molecule is CC(C)Oc1cccc(C(=O)C(C)(C)S(C)(=O)=O)c1. The van der Waals surface area contributed by atoms with Crippen molar-refractivity contribution in [2.75, 3.05) is 6.26 Å². The molecule has 19 heavy (non-hydrogen) atoms. The maximum absolute atomic E-state index is 12.3. The fourth-order valence-electron chi connectivity index (χ4n) is 1.50. The first-order valence-electron chi connectivity index (χ1n) is 6.07. The van der Waals surface area contributed by atoms with Crippen LogP contribution < -0.4 is 4.74 Å². The monoisotopic (exact) mass is 284 g/mol. The van der Waals surface area contributed by atoms with Crippen LogP contribution in [0.15, 0.2) is 24.3 Å². The van der Waals surface area contributed by atoms with Gasteiger partial charge in [-0.2, -0.15) is 0 Å². The summed E-state index contributed by atoms with van der Waals surface area (Å²) in [5.74, 6) is 0.134. The Bertz CT molecular complexity index is 571. The Kier molecular flexibility index (Phi) is 4.40. The van der Waals surface area contributed by atoms with Gasteiger partial charge in [-0.3, -0.25) is 4.79 Å². The van der Waals surface area contributed by atoms with Crippen LogP contribution in [0.3, 0.4) is 0 Å². The van der Waals surface area contributed by atoms with Gasteiger partial charge in [0.1, 0.15) is 10.5 Å². The Morgan fingerprint density at radius 3 is 2.32 bits per heavy atom. The predicted molar refractivity (Wildman–Crippen MR) is 75.5 cm³/mol. The number of hydrogen-bond donors (Lipinski definition) is 0. The van der Waals surface area contributed by atoms with Crippen LogP contribution in [0.1, 0.15) is 38.1 Å². The molecular formula is C14H20O4S. The molecule has 1 aromatic rings. The fraction of sp³-hybridized carbons (Fsp3) is 0.500. The minimum Gasteiger partial charge on any atom is -0.491 e. The smallest absolute Gasteiger partial charge is 0.183 e. The molecule has 0 atom stereocenters. The van der Waals surface area contributed by atoms with Gasteiger partial charge in [-0.05, 0) is 39.8 Å². The molecule has 0 radical (unpaired) electrons. The van der Waals surface area contributed by atoms with Gasteiger partial charge in [0.15, 0.2) is 15.6 Å². The van der Waals surface area contributed by atoms with Crippen molar-refractivity contribution in [3.63, 3.8) is 0 Å². The average molecular weight is 284 g/mol. The van der Waals surface area contributed by atoms with E-state index < -0.39 is 20.4 Å². The maximum atomic E-state index is 12.3. The first kappa shape index (κ1) is 15.7. The van der Waals surface area contributed by atoms with E-state index in [1.54, 1.807) is 24.3 Å². The van der Waals surface area contributed by atoms with Gasteiger partial charge < -0.3 is 4.74 Å². The van der Waals surface area contributed by atoms with Gasteiger partial charge in [0.05, 0.1) is 6.10 Å². The minimum absolute atomic E-state index is 0.00623. The highest BCUT2D eigenvalue weighted by atomic mass is 32.2. The van der Waals surface area contributed by atoms with Crippen molar-refractivity contribution in [3.8, 4) is 5.75 Å². The molecule has 0 saturated heterocycles. The molecule has 0 aliphatic heterocycles. The second kappa shape index (κ2) is 5.33. The second-order valence-corrected chi connectivity index (χ2v) is 7.87. The first-order chi connectivity index (χ1) is 8.55. The molecule has 0 aliphatic carbocycles. The molecule has 4 nitrogen and oxygen atoms in total. The first-order valence-corrected chi connectivity index (χ1v) is 7.96. The molecular weight excluding hydrogens is 264 g/mol. The van der Waals surface area contributed by atoms with Crippen molar-refractivity contribution in [1.29, 1.82) is 0 Å². The molecule has 1 rings (SSSR count). The standard InChI is InChI=1S/C14H20O4S/c1-10(2)18-12-8-6-7-11(9-12)13(15)14(3,4)19(5,16)17/h6-10H,1-5H3. The van der Waals surface area contributed by atoms with Crippen molar-refractivity contribution in [2.24, 2.45) is 0 Å². The topological polar surface area (TPSA) is 60.4 Å². The summed E-state index contributed by atoms with van der Waals surface area (Å²) in [4.78, 5) is 12.3. The fourth-order valence-corrected chi connectivity index (χ4v) is 1.95. The number of hydrogen-bond acceptors (Lipinski definition) is 4. The Morgan fingerprint density at radius 2 is 1.84 bits per heavy atom. The summed E-state index contributed by atoms with van der Waals surface area (Å²) >= 11 is 0. The Labute approximate surface area is 114 Å². The van der Waals surface area contributed by atoms with E-state index in [9.17, 15) is 13.2 Å². The van der Waals surface area contributed by atoms with E-state index >= 15 is 0 Å². The van der Waals surface area contributed by atoms with E-state index in [0.717, 1.165) is 6.26 Å². The highest BCUT2D eigenvalue weighted by Gasteiger charge is 2.38. The van der Waals surface area contributed by atoms with Gasteiger partial charge in [-0.1, -0.05) is 12.1 Å². The maximum Gasteiger partial charge on any atom is 0.183 e. The molecule has 0 saturated carbocycles. The normalized spacial score (nSPS) is 12.5. The molecule has 0 bridgehead atoms. The molecule has 0 aromatic heterocycles. The summed E-state index contributed by atoms with van der Waals surface area (Å²) in [7, 11) is -3.48. The van der Waals surface area contributed by atoms with Crippen LogP contribution >= 0.6 is 0 Å². The van der Waals surface area contributed by atoms with Crippen LogP contribution in [0.5, 0.6) is 5.75 Å². The molecule has 0 aliphatic rings. The lowest BCUT2D eigenvalue weighted by atomic mass is 10.00. The zero-order chi connectivity index (χ0) is 14.8. The van der Waals surface area contributed by atoms with E-state index in [1.165, 1.54) is 13.8 Å². The lowest BCUT2D eigenvalue weighted by molar-refractivity contribution is 0.0953. The molecule has 5 heteroatoms. The molecule has 0 heterocycles. The number of benzene rings is 1. The van der Waals surface area contributed by atoms with Gasteiger partial charge in [-0.15, -0.1) is 0 Å². The van der Waals surface area contributed by atoms with Crippen molar-refractivity contribution in [3.05, 3.63) is 29.8 Å². The van der Waals surface area contributed by atoms with Crippen LogP contribution in [0.4, 0.5) is 0 Å². The lowest BCUT2D eigenvalue weighted by Gasteiger charge is -2.21. The van der Waals surface area contributed by atoms with Crippen molar-refractivity contribution in [2.45, 2.75) is 38.5 Å². The summed E-state index contributed by atoms with van der Waals surface area (Å²) in [6.45, 7) is 6.60. The molecule has 0 fully saturated rings. The van der Waals surface area contributed by atoms with Crippen LogP contribution in [-0.2, 0) is 9.84 Å². The number of carbonyl (C=O) groups is 1. The van der Waals surface area contributed by atoms with Crippen molar-refractivity contribution < 1.29 is 17.9 Å². The Balaban J connectivity index is 3.14. The van der Waals surface area contributed by atoms with E-state index in [1.807, 2.05) is 13.8 Å². The number of ketones is 1. The third-order valence-corrected chi connectivity index (χ3v) is 4.98. The summed E-state index contributed by atoms with van der Waals surface area (Å²) in [6.07, 6.45) is 1.06.